The van der Waals surface area contributed by atoms with Gasteiger partial charge in [0.1, 0.15) is 0 Å². The molecule has 1 aromatic heterocycles. The van der Waals surface area contributed by atoms with Crippen molar-refractivity contribution in [2.24, 2.45) is 0 Å². The van der Waals surface area contributed by atoms with Gasteiger partial charge in [-0.1, -0.05) is 45.0 Å². The van der Waals surface area contributed by atoms with Crippen LogP contribution in [-0.2, 0) is 5.41 Å². The lowest BCUT2D eigenvalue weighted by molar-refractivity contribution is 0.591. The molecule has 0 saturated heterocycles. The summed E-state index contributed by atoms with van der Waals surface area (Å²) in [5, 5.41) is 2.43. The molecule has 90 valence electrons. The van der Waals surface area contributed by atoms with Gasteiger partial charge in [0.15, 0.2) is 0 Å². The van der Waals surface area contributed by atoms with Crippen LogP contribution >= 0.6 is 0 Å². The zero-order chi connectivity index (χ0) is 12.8. The standard InChI is InChI=1S/C17H17N/c1-17(2,3)14-8-9-16-13(11-14)10-12-6-4-5-7-15(12)18-16/h4-11H,1-3H3. The van der Waals surface area contributed by atoms with Crippen LogP contribution in [0.1, 0.15) is 26.3 Å². The van der Waals surface area contributed by atoms with E-state index in [1.807, 2.05) is 6.07 Å². The van der Waals surface area contributed by atoms with E-state index in [0.717, 1.165) is 11.0 Å². The van der Waals surface area contributed by atoms with Crippen molar-refractivity contribution in [2.45, 2.75) is 26.2 Å². The normalized spacial score (nSPS) is 12.2. The van der Waals surface area contributed by atoms with Crippen molar-refractivity contribution in [3.8, 4) is 0 Å². The lowest BCUT2D eigenvalue weighted by Crippen LogP contribution is -2.10. The van der Waals surface area contributed by atoms with E-state index in [9.17, 15) is 0 Å². The SMILES string of the molecule is CC(C)(C)c1ccc2nc3ccccc3cc2c1. The van der Waals surface area contributed by atoms with Gasteiger partial charge in [0.05, 0.1) is 11.0 Å². The van der Waals surface area contributed by atoms with Crippen molar-refractivity contribution >= 4 is 21.8 Å². The van der Waals surface area contributed by atoms with Gasteiger partial charge in [0, 0.05) is 10.8 Å². The Bertz CT molecular complexity index is 720. The Hall–Kier alpha value is -1.89. The topological polar surface area (TPSA) is 12.9 Å². The van der Waals surface area contributed by atoms with E-state index < -0.39 is 0 Å². The molecule has 0 aliphatic heterocycles. The van der Waals surface area contributed by atoms with Gasteiger partial charge in [-0.05, 0) is 35.2 Å². The highest BCUT2D eigenvalue weighted by Gasteiger charge is 2.13. The summed E-state index contributed by atoms with van der Waals surface area (Å²) >= 11 is 0. The minimum Gasteiger partial charge on any atom is -0.248 e. The summed E-state index contributed by atoms with van der Waals surface area (Å²) in [5.41, 5.74) is 3.67. The monoisotopic (exact) mass is 235 g/mol. The molecule has 2 aromatic carbocycles. The number of rotatable bonds is 0. The van der Waals surface area contributed by atoms with Gasteiger partial charge in [-0.3, -0.25) is 0 Å². The second-order valence-corrected chi connectivity index (χ2v) is 5.84. The van der Waals surface area contributed by atoms with Gasteiger partial charge in [-0.25, -0.2) is 4.98 Å². The first-order chi connectivity index (χ1) is 8.54. The first kappa shape index (κ1) is 11.2. The fourth-order valence-corrected chi connectivity index (χ4v) is 2.25. The van der Waals surface area contributed by atoms with E-state index >= 15 is 0 Å². The highest BCUT2D eigenvalue weighted by atomic mass is 14.7. The van der Waals surface area contributed by atoms with Crippen LogP contribution in [0.5, 0.6) is 0 Å². The summed E-state index contributed by atoms with van der Waals surface area (Å²) in [5.74, 6) is 0. The zero-order valence-corrected chi connectivity index (χ0v) is 11.1. The summed E-state index contributed by atoms with van der Waals surface area (Å²) in [6, 6.07) is 17.1. The van der Waals surface area contributed by atoms with Crippen molar-refractivity contribution in [3.63, 3.8) is 0 Å². The Morgan fingerprint density at radius 2 is 1.50 bits per heavy atom. The molecule has 3 rings (SSSR count). The van der Waals surface area contributed by atoms with Gasteiger partial charge < -0.3 is 0 Å². The average Bonchev–Trinajstić information content (AvgIpc) is 2.34. The molecule has 1 heteroatoms. The summed E-state index contributed by atoms with van der Waals surface area (Å²) in [6.07, 6.45) is 0. The smallest absolute Gasteiger partial charge is 0.0709 e. The summed E-state index contributed by atoms with van der Waals surface area (Å²) < 4.78 is 0. The highest BCUT2D eigenvalue weighted by Crippen LogP contribution is 2.27. The maximum atomic E-state index is 4.70. The molecule has 0 aliphatic carbocycles. The Morgan fingerprint density at radius 3 is 2.28 bits per heavy atom. The molecule has 0 saturated carbocycles. The van der Waals surface area contributed by atoms with Gasteiger partial charge in [-0.2, -0.15) is 0 Å². The number of nitrogens with zero attached hydrogens (tertiary/aromatic N) is 1. The van der Waals surface area contributed by atoms with Crippen LogP contribution in [0.4, 0.5) is 0 Å². The maximum absolute atomic E-state index is 4.70. The third kappa shape index (κ3) is 1.86. The molecular weight excluding hydrogens is 218 g/mol. The predicted octanol–water partition coefficient (Wildman–Crippen LogP) is 4.69. The molecule has 0 spiro atoms. The van der Waals surface area contributed by atoms with E-state index in [1.165, 1.54) is 16.3 Å². The molecule has 1 heterocycles. The molecule has 0 radical (unpaired) electrons. The molecule has 18 heavy (non-hydrogen) atoms. The van der Waals surface area contributed by atoms with Crippen LogP contribution in [0.3, 0.4) is 0 Å². The Labute approximate surface area is 107 Å². The first-order valence-electron chi connectivity index (χ1n) is 6.34. The highest BCUT2D eigenvalue weighted by molar-refractivity contribution is 5.92. The number of hydrogen-bond donors (Lipinski definition) is 0. The van der Waals surface area contributed by atoms with Crippen molar-refractivity contribution in [1.82, 2.24) is 4.98 Å². The van der Waals surface area contributed by atoms with Crippen LogP contribution in [0.2, 0.25) is 0 Å². The van der Waals surface area contributed by atoms with E-state index in [2.05, 4.69) is 63.2 Å². The molecule has 0 fully saturated rings. The second-order valence-electron chi connectivity index (χ2n) is 5.84. The van der Waals surface area contributed by atoms with Crippen molar-refractivity contribution in [3.05, 3.63) is 54.1 Å². The lowest BCUT2D eigenvalue weighted by Gasteiger charge is -2.19. The van der Waals surface area contributed by atoms with E-state index in [0.29, 0.717) is 0 Å². The fourth-order valence-electron chi connectivity index (χ4n) is 2.25. The third-order valence-corrected chi connectivity index (χ3v) is 3.38. The summed E-state index contributed by atoms with van der Waals surface area (Å²) in [4.78, 5) is 4.70. The van der Waals surface area contributed by atoms with Crippen molar-refractivity contribution < 1.29 is 0 Å². The number of pyridine rings is 1. The first-order valence-corrected chi connectivity index (χ1v) is 6.34. The van der Waals surface area contributed by atoms with Gasteiger partial charge in [0.2, 0.25) is 0 Å². The third-order valence-electron chi connectivity index (χ3n) is 3.38. The minimum atomic E-state index is 0.180. The molecule has 1 nitrogen and oxygen atoms in total. The molecular formula is C17H17N. The number of benzene rings is 2. The molecule has 0 bridgehead atoms. The minimum absolute atomic E-state index is 0.180. The average molecular weight is 235 g/mol. The van der Waals surface area contributed by atoms with E-state index in [4.69, 9.17) is 4.98 Å². The van der Waals surface area contributed by atoms with E-state index in [1.54, 1.807) is 0 Å². The van der Waals surface area contributed by atoms with Gasteiger partial charge >= 0.3 is 0 Å². The van der Waals surface area contributed by atoms with Gasteiger partial charge in [-0.15, -0.1) is 0 Å². The van der Waals surface area contributed by atoms with Crippen molar-refractivity contribution in [2.75, 3.05) is 0 Å². The summed E-state index contributed by atoms with van der Waals surface area (Å²) in [6.45, 7) is 6.72. The Morgan fingerprint density at radius 1 is 0.778 bits per heavy atom. The second kappa shape index (κ2) is 3.81. The quantitative estimate of drug-likeness (QED) is 0.515. The Balaban J connectivity index is 2.31. The van der Waals surface area contributed by atoms with Crippen LogP contribution in [0.25, 0.3) is 21.8 Å². The van der Waals surface area contributed by atoms with Gasteiger partial charge in [0.25, 0.3) is 0 Å². The number of aromatic nitrogens is 1. The fraction of sp³-hybridized carbons (Fsp3) is 0.235. The molecule has 0 aliphatic rings. The number of para-hydroxylation sites is 1. The van der Waals surface area contributed by atoms with Crippen molar-refractivity contribution in [1.29, 1.82) is 0 Å². The lowest BCUT2D eigenvalue weighted by atomic mass is 9.86. The maximum Gasteiger partial charge on any atom is 0.0709 e. The Kier molecular flexibility index (Phi) is 2.37. The largest absolute Gasteiger partial charge is 0.248 e. The number of hydrogen-bond acceptors (Lipinski definition) is 1. The number of fused-ring (bicyclic) bond motifs is 2. The predicted molar refractivity (Wildman–Crippen MR) is 77.9 cm³/mol. The molecule has 0 unspecified atom stereocenters. The van der Waals surface area contributed by atoms with E-state index in [-0.39, 0.29) is 5.41 Å². The van der Waals surface area contributed by atoms with Crippen LogP contribution in [0.15, 0.2) is 48.5 Å². The van der Waals surface area contributed by atoms with Crippen LogP contribution in [-0.4, -0.2) is 4.98 Å². The van der Waals surface area contributed by atoms with Crippen LogP contribution in [0, 0.1) is 0 Å². The molecule has 0 N–H and O–H groups in total. The molecule has 3 aromatic rings. The van der Waals surface area contributed by atoms with Crippen LogP contribution < -0.4 is 0 Å². The zero-order valence-electron chi connectivity index (χ0n) is 11.1. The molecule has 0 amide bonds. The summed E-state index contributed by atoms with van der Waals surface area (Å²) in [7, 11) is 0. The molecule has 0 atom stereocenters.